The first-order chi connectivity index (χ1) is 9.86. The Morgan fingerprint density at radius 2 is 1.25 bits per heavy atom. The van der Waals surface area contributed by atoms with E-state index in [1.807, 2.05) is 0 Å². The maximum atomic E-state index is 3.80. The van der Waals surface area contributed by atoms with Crippen molar-refractivity contribution in [3.05, 3.63) is 29.8 Å². The maximum absolute atomic E-state index is 3.80. The normalized spacial score (nSPS) is 19.9. The van der Waals surface area contributed by atoms with Gasteiger partial charge in [0.15, 0.2) is 0 Å². The van der Waals surface area contributed by atoms with Crippen LogP contribution in [0.5, 0.6) is 0 Å². The Morgan fingerprint density at radius 1 is 0.750 bits per heavy atom. The molecule has 1 aromatic rings. The Balaban J connectivity index is 1.87. The predicted molar refractivity (Wildman–Crippen MR) is 89.4 cm³/mol. The summed E-state index contributed by atoms with van der Waals surface area (Å²) in [5, 5.41) is 3.80. The number of hydrogen-bond donors (Lipinski definition) is 1. The van der Waals surface area contributed by atoms with Gasteiger partial charge in [0.1, 0.15) is 0 Å². The van der Waals surface area contributed by atoms with Gasteiger partial charge in [-0.05, 0) is 31.4 Å². The van der Waals surface area contributed by atoms with Crippen LogP contribution in [0.3, 0.4) is 0 Å². The number of aryl methyl sites for hydroxylation is 1. The molecule has 112 valence electrons. The van der Waals surface area contributed by atoms with E-state index in [0.717, 1.165) is 0 Å². The SMILES string of the molecule is Cc1ccccc1NC1CCCCCCCCCCC1. The van der Waals surface area contributed by atoms with Gasteiger partial charge in [0, 0.05) is 11.7 Å². The van der Waals surface area contributed by atoms with Gasteiger partial charge in [-0.15, -0.1) is 0 Å². The highest BCUT2D eigenvalue weighted by molar-refractivity contribution is 5.50. The smallest absolute Gasteiger partial charge is 0.0372 e. The van der Waals surface area contributed by atoms with Gasteiger partial charge < -0.3 is 5.32 Å². The lowest BCUT2D eigenvalue weighted by Crippen LogP contribution is -2.20. The molecule has 1 nitrogen and oxygen atoms in total. The summed E-state index contributed by atoms with van der Waals surface area (Å²) in [6, 6.07) is 9.38. The third-order valence-corrected chi connectivity index (χ3v) is 4.61. The monoisotopic (exact) mass is 273 g/mol. The van der Waals surface area contributed by atoms with Crippen LogP contribution in [0.15, 0.2) is 24.3 Å². The molecule has 0 saturated heterocycles. The van der Waals surface area contributed by atoms with E-state index in [9.17, 15) is 0 Å². The third kappa shape index (κ3) is 5.56. The molecule has 2 rings (SSSR count). The van der Waals surface area contributed by atoms with Gasteiger partial charge in [0.05, 0.1) is 0 Å². The first-order valence-electron chi connectivity index (χ1n) is 8.68. The van der Waals surface area contributed by atoms with Crippen LogP contribution in [0.4, 0.5) is 5.69 Å². The molecule has 1 N–H and O–H groups in total. The van der Waals surface area contributed by atoms with Gasteiger partial charge >= 0.3 is 0 Å². The third-order valence-electron chi connectivity index (χ3n) is 4.61. The molecule has 0 aliphatic heterocycles. The van der Waals surface area contributed by atoms with Gasteiger partial charge in [-0.25, -0.2) is 0 Å². The van der Waals surface area contributed by atoms with E-state index in [-0.39, 0.29) is 0 Å². The van der Waals surface area contributed by atoms with Gasteiger partial charge in [-0.2, -0.15) is 0 Å². The van der Waals surface area contributed by atoms with Crippen molar-refractivity contribution in [2.24, 2.45) is 0 Å². The Kier molecular flexibility index (Phi) is 6.97. The molecule has 20 heavy (non-hydrogen) atoms. The number of nitrogens with one attached hydrogen (secondary N) is 1. The fourth-order valence-corrected chi connectivity index (χ4v) is 3.26. The van der Waals surface area contributed by atoms with Crippen LogP contribution in [-0.4, -0.2) is 6.04 Å². The zero-order valence-corrected chi connectivity index (χ0v) is 13.2. The first-order valence-corrected chi connectivity index (χ1v) is 8.68. The van der Waals surface area contributed by atoms with E-state index in [1.165, 1.54) is 81.9 Å². The maximum Gasteiger partial charge on any atom is 0.0372 e. The molecule has 1 fully saturated rings. The van der Waals surface area contributed by atoms with Crippen molar-refractivity contribution in [1.82, 2.24) is 0 Å². The highest BCUT2D eigenvalue weighted by atomic mass is 14.9. The molecular weight excluding hydrogens is 242 g/mol. The minimum atomic E-state index is 0.676. The van der Waals surface area contributed by atoms with E-state index < -0.39 is 0 Å². The summed E-state index contributed by atoms with van der Waals surface area (Å²) < 4.78 is 0. The fourth-order valence-electron chi connectivity index (χ4n) is 3.26. The van der Waals surface area contributed by atoms with Crippen molar-refractivity contribution < 1.29 is 0 Å². The molecule has 0 bridgehead atoms. The summed E-state index contributed by atoms with van der Waals surface area (Å²) in [4.78, 5) is 0. The van der Waals surface area contributed by atoms with Crippen LogP contribution in [0.1, 0.15) is 76.2 Å². The minimum Gasteiger partial charge on any atom is -0.382 e. The highest BCUT2D eigenvalue weighted by Crippen LogP contribution is 2.21. The Morgan fingerprint density at radius 3 is 1.80 bits per heavy atom. The second kappa shape index (κ2) is 9.05. The van der Waals surface area contributed by atoms with Crippen molar-refractivity contribution in [3.63, 3.8) is 0 Å². The summed E-state index contributed by atoms with van der Waals surface area (Å²) in [5.41, 5.74) is 2.71. The topological polar surface area (TPSA) is 12.0 Å². The van der Waals surface area contributed by atoms with Gasteiger partial charge in [-0.3, -0.25) is 0 Å². The zero-order valence-electron chi connectivity index (χ0n) is 13.2. The summed E-state index contributed by atoms with van der Waals surface area (Å²) >= 11 is 0. The lowest BCUT2D eigenvalue weighted by Gasteiger charge is -2.22. The van der Waals surface area contributed by atoms with Crippen molar-refractivity contribution in [3.8, 4) is 0 Å². The average Bonchev–Trinajstić information content (AvgIpc) is 2.44. The van der Waals surface area contributed by atoms with Gasteiger partial charge in [-0.1, -0.05) is 76.0 Å². The number of hydrogen-bond acceptors (Lipinski definition) is 1. The summed E-state index contributed by atoms with van der Waals surface area (Å²) in [5.74, 6) is 0. The molecule has 0 unspecified atom stereocenters. The van der Waals surface area contributed by atoms with Gasteiger partial charge in [0.25, 0.3) is 0 Å². The van der Waals surface area contributed by atoms with Crippen LogP contribution in [0.25, 0.3) is 0 Å². The molecule has 0 amide bonds. The standard InChI is InChI=1S/C19H31N/c1-17-13-11-12-16-19(17)20-18-14-9-7-5-3-2-4-6-8-10-15-18/h11-13,16,18,20H,2-10,14-15H2,1H3. The molecule has 0 atom stereocenters. The molecule has 1 heteroatoms. The molecule has 1 aliphatic carbocycles. The van der Waals surface area contributed by atoms with Crippen LogP contribution in [-0.2, 0) is 0 Å². The summed E-state index contributed by atoms with van der Waals surface area (Å²) in [7, 11) is 0. The highest BCUT2D eigenvalue weighted by Gasteiger charge is 2.10. The van der Waals surface area contributed by atoms with E-state index in [4.69, 9.17) is 0 Å². The molecule has 0 spiro atoms. The minimum absolute atomic E-state index is 0.676. The predicted octanol–water partition coefficient (Wildman–Crippen LogP) is 6.08. The van der Waals surface area contributed by atoms with Gasteiger partial charge in [0.2, 0.25) is 0 Å². The van der Waals surface area contributed by atoms with Crippen LogP contribution >= 0.6 is 0 Å². The Bertz CT molecular complexity index is 360. The first kappa shape index (κ1) is 15.4. The molecule has 0 radical (unpaired) electrons. The molecule has 1 aromatic carbocycles. The van der Waals surface area contributed by atoms with E-state index in [0.29, 0.717) is 6.04 Å². The Labute approximate surface area is 125 Å². The zero-order chi connectivity index (χ0) is 14.0. The Hall–Kier alpha value is -0.980. The number of benzene rings is 1. The van der Waals surface area contributed by atoms with E-state index in [1.54, 1.807) is 0 Å². The van der Waals surface area contributed by atoms with Crippen molar-refractivity contribution in [1.29, 1.82) is 0 Å². The molecule has 1 saturated carbocycles. The number of rotatable bonds is 2. The second-order valence-corrected chi connectivity index (χ2v) is 6.42. The number of para-hydroxylation sites is 1. The van der Waals surface area contributed by atoms with Crippen LogP contribution in [0, 0.1) is 6.92 Å². The number of anilines is 1. The van der Waals surface area contributed by atoms with Crippen molar-refractivity contribution in [2.75, 3.05) is 5.32 Å². The van der Waals surface area contributed by atoms with E-state index >= 15 is 0 Å². The van der Waals surface area contributed by atoms with Crippen molar-refractivity contribution >= 4 is 5.69 Å². The largest absolute Gasteiger partial charge is 0.382 e. The molecule has 0 heterocycles. The van der Waals surface area contributed by atoms with Crippen LogP contribution < -0.4 is 5.32 Å². The van der Waals surface area contributed by atoms with E-state index in [2.05, 4.69) is 36.5 Å². The molecule has 0 aromatic heterocycles. The van der Waals surface area contributed by atoms with Crippen molar-refractivity contribution in [2.45, 2.75) is 83.6 Å². The average molecular weight is 273 g/mol. The summed E-state index contributed by atoms with van der Waals surface area (Å²) in [6.45, 7) is 2.21. The van der Waals surface area contributed by atoms with Crippen LogP contribution in [0.2, 0.25) is 0 Å². The fraction of sp³-hybridized carbons (Fsp3) is 0.684. The lowest BCUT2D eigenvalue weighted by molar-refractivity contribution is 0.480. The molecular formula is C19H31N. The summed E-state index contributed by atoms with van der Waals surface area (Å²) in [6.07, 6.45) is 15.6. The second-order valence-electron chi connectivity index (χ2n) is 6.42. The lowest BCUT2D eigenvalue weighted by atomic mass is 9.97. The molecule has 1 aliphatic rings. The quantitative estimate of drug-likeness (QED) is 0.688.